The predicted molar refractivity (Wildman–Crippen MR) is 88.3 cm³/mol. The van der Waals surface area contributed by atoms with Crippen LogP contribution in [0, 0.1) is 5.92 Å². The maximum Gasteiger partial charge on any atom is 0.408 e. The molecule has 6 nitrogen and oxygen atoms in total. The van der Waals surface area contributed by atoms with E-state index in [0.717, 1.165) is 0 Å². The molecule has 2 unspecified atom stereocenters. The number of carbonyl (C=O) groups is 2. The number of nitrogens with one attached hydrogen (secondary N) is 1. The molecule has 1 heterocycles. The van der Waals surface area contributed by atoms with Gasteiger partial charge in [-0.05, 0) is 31.7 Å². The average Bonchev–Trinajstić information content (AvgIpc) is 2.34. The van der Waals surface area contributed by atoms with E-state index in [4.69, 9.17) is 4.74 Å². The Bertz CT molecular complexity index is 432. The van der Waals surface area contributed by atoms with Crippen LogP contribution in [0.2, 0.25) is 5.04 Å². The van der Waals surface area contributed by atoms with E-state index in [0.29, 0.717) is 5.92 Å². The third-order valence-corrected chi connectivity index (χ3v) is 7.09. The first-order valence-corrected chi connectivity index (χ1v) is 9.14. The fourth-order valence-corrected chi connectivity index (χ4v) is 4.37. The monoisotopic (exact) mass is 330 g/mol. The molecule has 22 heavy (non-hydrogen) atoms. The van der Waals surface area contributed by atoms with Crippen LogP contribution in [0.3, 0.4) is 0 Å². The summed E-state index contributed by atoms with van der Waals surface area (Å²) in [5.74, 6) is 0.356. The lowest BCUT2D eigenvalue weighted by atomic mass is 9.99. The second-order valence-corrected chi connectivity index (χ2v) is 10.8. The van der Waals surface area contributed by atoms with E-state index in [9.17, 15) is 14.7 Å². The van der Waals surface area contributed by atoms with Gasteiger partial charge in [0.15, 0.2) is 0 Å². The Morgan fingerprint density at radius 3 is 2.32 bits per heavy atom. The number of aliphatic hydroxyl groups is 1. The van der Waals surface area contributed by atoms with Gasteiger partial charge in [-0.25, -0.2) is 4.79 Å². The first-order valence-electron chi connectivity index (χ1n) is 7.80. The molecule has 0 aromatic rings. The molecule has 0 aromatic carbocycles. The number of carbonyl (C=O) groups excluding carboxylic acids is 2. The third-order valence-electron chi connectivity index (χ3n) is 4.33. The number of aliphatic hydroxyl groups excluding tert-OH is 1. The first kappa shape index (κ1) is 19.0. The minimum Gasteiger partial charge on any atom is -0.444 e. The van der Waals surface area contributed by atoms with Crippen molar-refractivity contribution in [3.8, 4) is 0 Å². The van der Waals surface area contributed by atoms with Gasteiger partial charge in [-0.2, -0.15) is 0 Å². The maximum absolute atomic E-state index is 12.3. The highest BCUT2D eigenvalue weighted by atomic mass is 28.2. The topological polar surface area (TPSA) is 78.9 Å². The van der Waals surface area contributed by atoms with Crippen molar-refractivity contribution in [1.82, 2.24) is 9.88 Å². The van der Waals surface area contributed by atoms with Crippen molar-refractivity contribution in [2.24, 2.45) is 5.92 Å². The Morgan fingerprint density at radius 2 is 1.91 bits per heavy atom. The number of hydrogen-bond acceptors (Lipinski definition) is 4. The zero-order chi connectivity index (χ0) is 17.3. The molecule has 1 saturated heterocycles. The summed E-state index contributed by atoms with van der Waals surface area (Å²) in [6.07, 6.45) is -0.617. The summed E-state index contributed by atoms with van der Waals surface area (Å²) >= 11 is 0. The molecule has 7 heteroatoms. The van der Waals surface area contributed by atoms with Crippen molar-refractivity contribution in [3.63, 3.8) is 0 Å². The van der Waals surface area contributed by atoms with Crippen molar-refractivity contribution in [3.05, 3.63) is 0 Å². The van der Waals surface area contributed by atoms with E-state index in [1.54, 1.807) is 25.3 Å². The third kappa shape index (κ3) is 4.46. The summed E-state index contributed by atoms with van der Waals surface area (Å²) in [4.78, 5) is 24.1. The van der Waals surface area contributed by atoms with Crippen LogP contribution in [0.1, 0.15) is 48.5 Å². The Kier molecular flexibility index (Phi) is 5.67. The van der Waals surface area contributed by atoms with Gasteiger partial charge in [-0.3, -0.25) is 4.79 Å². The van der Waals surface area contributed by atoms with Crippen molar-refractivity contribution in [2.75, 3.05) is 6.61 Å². The molecule has 1 aliphatic heterocycles. The molecule has 2 N–H and O–H groups in total. The Hall–Kier alpha value is -1.08. The quantitative estimate of drug-likeness (QED) is 0.583. The van der Waals surface area contributed by atoms with Gasteiger partial charge in [0.05, 0.1) is 12.6 Å². The molecule has 2 atom stereocenters. The second kappa shape index (κ2) is 6.58. The van der Waals surface area contributed by atoms with Gasteiger partial charge in [-0.1, -0.05) is 27.7 Å². The molecule has 128 valence electrons. The van der Waals surface area contributed by atoms with Crippen molar-refractivity contribution in [1.29, 1.82) is 0 Å². The molecular formula is C15H30N2O4Si. The van der Waals surface area contributed by atoms with Crippen LogP contribution in [0.15, 0.2) is 0 Å². The highest BCUT2D eigenvalue weighted by Crippen LogP contribution is 2.36. The Balaban J connectivity index is 2.67. The van der Waals surface area contributed by atoms with Crippen LogP contribution in [0.4, 0.5) is 4.79 Å². The summed E-state index contributed by atoms with van der Waals surface area (Å²) in [5, 5.41) is 12.2. The van der Waals surface area contributed by atoms with E-state index < -0.39 is 27.4 Å². The number of amides is 2. The Labute approximate surface area is 135 Å². The van der Waals surface area contributed by atoms with Gasteiger partial charge in [0, 0.05) is 0 Å². The summed E-state index contributed by atoms with van der Waals surface area (Å²) in [7, 11) is -0.871. The van der Waals surface area contributed by atoms with Crippen LogP contribution in [-0.4, -0.2) is 55.6 Å². The maximum atomic E-state index is 12.3. The number of β-lactam (4-membered cyclic amide) rings is 1. The molecule has 1 aliphatic rings. The fraction of sp³-hybridized carbons (Fsp3) is 0.867. The van der Waals surface area contributed by atoms with Gasteiger partial charge in [0.1, 0.15) is 21.3 Å². The van der Waals surface area contributed by atoms with Crippen LogP contribution in [0.5, 0.6) is 0 Å². The minimum atomic E-state index is -0.871. The van der Waals surface area contributed by atoms with Gasteiger partial charge < -0.3 is 19.7 Å². The van der Waals surface area contributed by atoms with E-state index in [-0.39, 0.29) is 23.6 Å². The summed E-state index contributed by atoms with van der Waals surface area (Å²) in [6.45, 7) is 13.7. The largest absolute Gasteiger partial charge is 0.444 e. The molecular weight excluding hydrogens is 300 g/mol. The highest BCUT2D eigenvalue weighted by Gasteiger charge is 2.49. The van der Waals surface area contributed by atoms with E-state index in [1.807, 2.05) is 0 Å². The summed E-state index contributed by atoms with van der Waals surface area (Å²) in [6, 6.07) is -1.000. The normalized spacial score (nSPS) is 23.1. The SMILES string of the molecule is CC(C)C(C)(C)[SiH2]N1C(=O)C(NC(=O)OC(C)(C)C)C1CO. The Morgan fingerprint density at radius 1 is 1.36 bits per heavy atom. The molecule has 0 aromatic heterocycles. The van der Waals surface area contributed by atoms with Crippen LogP contribution >= 0.6 is 0 Å². The van der Waals surface area contributed by atoms with Crippen molar-refractivity contribution < 1.29 is 19.4 Å². The second-order valence-electron chi connectivity index (χ2n) is 7.98. The van der Waals surface area contributed by atoms with Crippen LogP contribution < -0.4 is 5.32 Å². The minimum absolute atomic E-state index is 0.0833. The molecule has 1 fully saturated rings. The van der Waals surface area contributed by atoms with Crippen molar-refractivity contribution >= 4 is 21.7 Å². The lowest BCUT2D eigenvalue weighted by Gasteiger charge is -2.50. The number of hydrogen-bond donors (Lipinski definition) is 2. The molecule has 0 saturated carbocycles. The zero-order valence-electron chi connectivity index (χ0n) is 14.8. The molecule has 0 aliphatic carbocycles. The average molecular weight is 331 g/mol. The highest BCUT2D eigenvalue weighted by molar-refractivity contribution is 6.42. The molecule has 1 rings (SSSR count). The van der Waals surface area contributed by atoms with Gasteiger partial charge in [0.25, 0.3) is 0 Å². The van der Waals surface area contributed by atoms with Crippen LogP contribution in [0.25, 0.3) is 0 Å². The number of alkyl carbamates (subject to hydrolysis) is 1. The summed E-state index contributed by atoms with van der Waals surface area (Å²) < 4.78 is 6.95. The van der Waals surface area contributed by atoms with Gasteiger partial charge in [0.2, 0.25) is 5.91 Å². The number of ether oxygens (including phenoxy) is 1. The van der Waals surface area contributed by atoms with E-state index in [2.05, 4.69) is 33.0 Å². The smallest absolute Gasteiger partial charge is 0.408 e. The lowest BCUT2D eigenvalue weighted by Crippen LogP contribution is -2.73. The van der Waals surface area contributed by atoms with E-state index >= 15 is 0 Å². The lowest BCUT2D eigenvalue weighted by molar-refractivity contribution is -0.144. The van der Waals surface area contributed by atoms with E-state index in [1.165, 1.54) is 0 Å². The first-order chi connectivity index (χ1) is 9.89. The molecule has 2 amide bonds. The fourth-order valence-electron chi connectivity index (χ4n) is 2.22. The molecule has 0 spiro atoms. The zero-order valence-corrected chi connectivity index (χ0v) is 16.2. The summed E-state index contributed by atoms with van der Waals surface area (Å²) in [5.41, 5.74) is -0.611. The number of nitrogens with zero attached hydrogens (tertiary/aromatic N) is 1. The van der Waals surface area contributed by atoms with Gasteiger partial charge in [-0.15, -0.1) is 0 Å². The number of rotatable bonds is 5. The van der Waals surface area contributed by atoms with Crippen LogP contribution in [-0.2, 0) is 9.53 Å². The van der Waals surface area contributed by atoms with Crippen molar-refractivity contribution in [2.45, 2.75) is 71.2 Å². The molecule has 0 bridgehead atoms. The molecule has 0 radical (unpaired) electrons. The predicted octanol–water partition coefficient (Wildman–Crippen LogP) is 1.02. The standard InChI is InChI=1S/C15H30N2O4Si/c1-9(2)15(6,7)22-17-10(8-18)11(12(17)19)16-13(20)21-14(3,4)5/h9-11,18H,8,22H2,1-7H3,(H,16,20). The van der Waals surface area contributed by atoms with Gasteiger partial charge >= 0.3 is 6.09 Å².